The number of nitrogens with zero attached hydrogens (tertiary/aromatic N) is 3. The lowest BCUT2D eigenvalue weighted by Crippen LogP contribution is -2.15. The van der Waals surface area contributed by atoms with Gasteiger partial charge < -0.3 is 4.42 Å². The second kappa shape index (κ2) is 8.73. The molecule has 166 valence electrons. The first kappa shape index (κ1) is 21.2. The Kier molecular flexibility index (Phi) is 5.62. The predicted molar refractivity (Wildman–Crippen MR) is 128 cm³/mol. The van der Waals surface area contributed by atoms with Crippen LogP contribution in [-0.2, 0) is 10.0 Å². The maximum Gasteiger partial charge on any atom is 0.263 e. The van der Waals surface area contributed by atoms with Crippen LogP contribution in [0, 0.1) is 0 Å². The third-order valence-electron chi connectivity index (χ3n) is 5.21. The van der Waals surface area contributed by atoms with E-state index < -0.39 is 10.0 Å². The number of rotatable bonds is 5. The van der Waals surface area contributed by atoms with Crippen LogP contribution in [0.5, 0.6) is 0 Å². The van der Waals surface area contributed by atoms with Crippen molar-refractivity contribution in [2.45, 2.75) is 17.7 Å². The van der Waals surface area contributed by atoms with Gasteiger partial charge in [-0.1, -0.05) is 42.0 Å². The summed E-state index contributed by atoms with van der Waals surface area (Å²) in [5.41, 5.74) is 3.01. The Morgan fingerprint density at radius 2 is 1.91 bits per heavy atom. The first-order valence-electron chi connectivity index (χ1n) is 10.2. The highest BCUT2D eigenvalue weighted by molar-refractivity contribution is 7.92. The molecule has 0 unspecified atom stereocenters. The Balaban J connectivity index is 1.49. The molecule has 0 radical (unpaired) electrons. The van der Waals surface area contributed by atoms with Gasteiger partial charge in [0.05, 0.1) is 27.3 Å². The monoisotopic (exact) mass is 478 g/mol. The number of anilines is 1. The molecule has 1 aromatic carbocycles. The first-order valence-corrected chi connectivity index (χ1v) is 12.1. The third-order valence-corrected chi connectivity index (χ3v) is 6.90. The predicted octanol–water partition coefficient (Wildman–Crippen LogP) is 5.73. The van der Waals surface area contributed by atoms with Gasteiger partial charge >= 0.3 is 0 Å². The van der Waals surface area contributed by atoms with Crippen molar-refractivity contribution in [3.05, 3.63) is 96.2 Å². The maximum atomic E-state index is 13.1. The van der Waals surface area contributed by atoms with E-state index in [1.165, 1.54) is 23.0 Å². The van der Waals surface area contributed by atoms with E-state index in [0.29, 0.717) is 22.0 Å². The van der Waals surface area contributed by atoms with Crippen LogP contribution in [0.15, 0.2) is 94.7 Å². The summed E-state index contributed by atoms with van der Waals surface area (Å²) >= 11 is 6.39. The lowest BCUT2D eigenvalue weighted by Gasteiger charge is -2.10. The van der Waals surface area contributed by atoms with E-state index in [-0.39, 0.29) is 10.7 Å². The highest BCUT2D eigenvalue weighted by Gasteiger charge is 2.18. The van der Waals surface area contributed by atoms with E-state index in [9.17, 15) is 8.42 Å². The summed E-state index contributed by atoms with van der Waals surface area (Å²) in [4.78, 5) is 3.99. The first-order chi connectivity index (χ1) is 16.0. The van der Waals surface area contributed by atoms with Crippen molar-refractivity contribution in [3.63, 3.8) is 0 Å². The van der Waals surface area contributed by atoms with Crippen molar-refractivity contribution in [2.75, 3.05) is 4.72 Å². The summed E-state index contributed by atoms with van der Waals surface area (Å²) in [6, 6.07) is 11.5. The zero-order valence-corrected chi connectivity index (χ0v) is 18.9. The average Bonchev–Trinajstić information content (AvgIpc) is 3.47. The van der Waals surface area contributed by atoms with E-state index in [4.69, 9.17) is 16.0 Å². The molecule has 0 bridgehead atoms. The Morgan fingerprint density at radius 3 is 2.70 bits per heavy atom. The summed E-state index contributed by atoms with van der Waals surface area (Å²) in [5.74, 6) is 0.846. The summed E-state index contributed by atoms with van der Waals surface area (Å²) in [7, 11) is -3.87. The summed E-state index contributed by atoms with van der Waals surface area (Å²) in [6.45, 7) is 0. The standard InChI is InChI=1S/C24H19ClN4O3S/c25-20-12-13-24(29-22(20)14-21(27-29)17-6-4-2-1-3-5-7-17)28-33(30,31)19-10-8-18(9-11-19)23-15-26-16-32-23/h1-2,4,6-16,28H,3,5H2. The molecule has 33 heavy (non-hydrogen) atoms. The molecule has 0 saturated heterocycles. The minimum atomic E-state index is -3.87. The molecule has 1 aliphatic rings. The lowest BCUT2D eigenvalue weighted by atomic mass is 10.1. The van der Waals surface area contributed by atoms with Crippen molar-refractivity contribution >= 4 is 38.5 Å². The van der Waals surface area contributed by atoms with Gasteiger partial charge in [-0.25, -0.2) is 17.9 Å². The number of benzene rings is 1. The molecule has 5 rings (SSSR count). The quantitative estimate of drug-likeness (QED) is 0.395. The van der Waals surface area contributed by atoms with Gasteiger partial charge in [-0.2, -0.15) is 5.10 Å². The fraction of sp³-hybridized carbons (Fsp3) is 0.0833. The van der Waals surface area contributed by atoms with Crippen LogP contribution < -0.4 is 4.72 Å². The van der Waals surface area contributed by atoms with E-state index in [2.05, 4.69) is 27.0 Å². The molecular formula is C24H19ClN4O3S. The molecule has 9 heteroatoms. The molecule has 3 aromatic heterocycles. The van der Waals surface area contributed by atoms with Crippen molar-refractivity contribution in [1.82, 2.24) is 14.6 Å². The number of pyridine rings is 1. The second-order valence-corrected chi connectivity index (χ2v) is 9.50. The molecule has 0 amide bonds. The molecule has 0 atom stereocenters. The summed E-state index contributed by atoms with van der Waals surface area (Å²) in [5, 5.41) is 5.11. The van der Waals surface area contributed by atoms with Gasteiger partial charge in [-0.3, -0.25) is 4.72 Å². The SMILES string of the molecule is O=S(=O)(Nc1ccc(Cl)c2cc(C3=CCCC=CC=C3)nn12)c1ccc(-c2cnco2)cc1. The zero-order valence-electron chi connectivity index (χ0n) is 17.3. The average molecular weight is 479 g/mol. The van der Waals surface area contributed by atoms with Gasteiger partial charge in [-0.05, 0) is 60.9 Å². The molecule has 0 saturated carbocycles. The van der Waals surface area contributed by atoms with Crippen LogP contribution in [0.4, 0.5) is 5.82 Å². The summed E-state index contributed by atoms with van der Waals surface area (Å²) < 4.78 is 35.5. The van der Waals surface area contributed by atoms with Gasteiger partial charge in [0.25, 0.3) is 10.0 Å². The Bertz CT molecular complexity index is 1500. The van der Waals surface area contributed by atoms with Gasteiger partial charge in [-0.15, -0.1) is 0 Å². The Hall–Kier alpha value is -3.62. The van der Waals surface area contributed by atoms with Gasteiger partial charge in [0.2, 0.25) is 0 Å². The van der Waals surface area contributed by atoms with Gasteiger partial charge in [0, 0.05) is 5.56 Å². The van der Waals surface area contributed by atoms with E-state index in [1.807, 2.05) is 24.3 Å². The number of hydrogen-bond acceptors (Lipinski definition) is 5. The number of allylic oxidation sites excluding steroid dienone is 6. The maximum absolute atomic E-state index is 13.1. The topological polar surface area (TPSA) is 89.5 Å². The van der Waals surface area contributed by atoms with E-state index in [1.54, 1.807) is 30.5 Å². The highest BCUT2D eigenvalue weighted by Crippen LogP contribution is 2.28. The van der Waals surface area contributed by atoms with E-state index in [0.717, 1.165) is 24.0 Å². The minimum absolute atomic E-state index is 0.110. The van der Waals surface area contributed by atoms with Crippen molar-refractivity contribution in [1.29, 1.82) is 0 Å². The number of halogens is 1. The van der Waals surface area contributed by atoms with E-state index >= 15 is 0 Å². The van der Waals surface area contributed by atoms with Crippen LogP contribution >= 0.6 is 11.6 Å². The zero-order chi connectivity index (χ0) is 22.8. The van der Waals surface area contributed by atoms with Crippen molar-refractivity contribution < 1.29 is 12.8 Å². The number of oxazole rings is 1. The van der Waals surface area contributed by atoms with Crippen LogP contribution in [-0.4, -0.2) is 23.0 Å². The normalized spacial score (nSPS) is 14.2. The lowest BCUT2D eigenvalue weighted by molar-refractivity contribution is 0.572. The molecule has 7 nitrogen and oxygen atoms in total. The fourth-order valence-electron chi connectivity index (χ4n) is 3.54. The molecular weight excluding hydrogens is 460 g/mol. The number of aromatic nitrogens is 3. The Labute approximate surface area is 195 Å². The van der Waals surface area contributed by atoms with Crippen LogP contribution in [0.1, 0.15) is 18.5 Å². The largest absolute Gasteiger partial charge is 0.444 e. The third kappa shape index (κ3) is 4.35. The molecule has 0 fully saturated rings. The van der Waals surface area contributed by atoms with Crippen LogP contribution in [0.2, 0.25) is 5.02 Å². The molecule has 1 N–H and O–H groups in total. The number of nitrogens with one attached hydrogen (secondary N) is 1. The van der Waals surface area contributed by atoms with Crippen molar-refractivity contribution in [2.24, 2.45) is 0 Å². The molecule has 1 aliphatic carbocycles. The number of sulfonamides is 1. The van der Waals surface area contributed by atoms with Crippen molar-refractivity contribution in [3.8, 4) is 11.3 Å². The van der Waals surface area contributed by atoms with Gasteiger partial charge in [0.1, 0.15) is 5.82 Å². The number of hydrogen-bond donors (Lipinski definition) is 1. The van der Waals surface area contributed by atoms with Crippen LogP contribution in [0.25, 0.3) is 22.4 Å². The fourth-order valence-corrected chi connectivity index (χ4v) is 4.78. The summed E-state index contributed by atoms with van der Waals surface area (Å²) in [6.07, 6.45) is 14.9. The highest BCUT2D eigenvalue weighted by atomic mass is 35.5. The molecule has 0 aliphatic heterocycles. The molecule has 4 aromatic rings. The van der Waals surface area contributed by atoms with Gasteiger partial charge in [0.15, 0.2) is 12.2 Å². The smallest absolute Gasteiger partial charge is 0.263 e. The Morgan fingerprint density at radius 1 is 1.06 bits per heavy atom. The minimum Gasteiger partial charge on any atom is -0.444 e. The number of fused-ring (bicyclic) bond motifs is 1. The second-order valence-electron chi connectivity index (χ2n) is 7.41. The molecule has 0 spiro atoms. The van der Waals surface area contributed by atoms with Crippen LogP contribution in [0.3, 0.4) is 0 Å². The molecule has 3 heterocycles.